The highest BCUT2D eigenvalue weighted by atomic mass is 16.5. The second kappa shape index (κ2) is 11.5. The van der Waals surface area contributed by atoms with E-state index < -0.39 is 30.0 Å². The quantitative estimate of drug-likeness (QED) is 0.379. The second-order valence-electron chi connectivity index (χ2n) is 9.28. The smallest absolute Gasteiger partial charge is 0.310 e. The summed E-state index contributed by atoms with van der Waals surface area (Å²) in [6.07, 6.45) is -3.08. The van der Waals surface area contributed by atoms with Crippen LogP contribution in [0.5, 0.6) is 0 Å². The summed E-state index contributed by atoms with van der Waals surface area (Å²) in [7, 11) is 0. The molecule has 2 atom stereocenters. The Balaban J connectivity index is 1.20. The van der Waals surface area contributed by atoms with Crippen LogP contribution in [0.3, 0.4) is 0 Å². The molecule has 0 radical (unpaired) electrons. The summed E-state index contributed by atoms with van der Waals surface area (Å²) in [5, 5.41) is 13.3. The number of aliphatic hydroxyl groups is 1. The fourth-order valence-corrected chi connectivity index (χ4v) is 4.54. The Labute approximate surface area is 225 Å². The van der Waals surface area contributed by atoms with Gasteiger partial charge in [0, 0.05) is 23.5 Å². The number of rotatable bonds is 8. The number of amides is 2. The van der Waals surface area contributed by atoms with Crippen molar-refractivity contribution < 1.29 is 29.0 Å². The van der Waals surface area contributed by atoms with Crippen molar-refractivity contribution in [3.8, 4) is 0 Å². The van der Waals surface area contributed by atoms with E-state index in [1.807, 2.05) is 30.3 Å². The number of hydrogen-bond donors (Lipinski definition) is 3. The number of aliphatic imine (C=N–C) groups is 1. The highest BCUT2D eigenvalue weighted by molar-refractivity contribution is 6.05. The van der Waals surface area contributed by atoms with Crippen molar-refractivity contribution in [3.63, 3.8) is 0 Å². The summed E-state index contributed by atoms with van der Waals surface area (Å²) in [4.78, 5) is 44.0. The van der Waals surface area contributed by atoms with E-state index in [0.29, 0.717) is 29.3 Å². The Morgan fingerprint density at radius 1 is 1.10 bits per heavy atom. The zero-order valence-corrected chi connectivity index (χ0v) is 21.1. The van der Waals surface area contributed by atoms with E-state index in [0.717, 1.165) is 16.7 Å². The Kier molecular flexibility index (Phi) is 7.67. The van der Waals surface area contributed by atoms with Gasteiger partial charge in [-0.25, -0.2) is 0 Å². The number of carbonyl (C=O) groups excluding carboxylic acids is 3. The molecule has 3 aromatic rings. The van der Waals surface area contributed by atoms with Crippen LogP contribution in [0.4, 0.5) is 11.4 Å². The number of nitrogens with two attached hydrogens (primary N) is 1. The number of fused-ring (bicyclic) bond motifs is 1. The van der Waals surface area contributed by atoms with Gasteiger partial charge in [0.1, 0.15) is 12.4 Å². The van der Waals surface area contributed by atoms with Crippen LogP contribution in [0.1, 0.15) is 22.3 Å². The van der Waals surface area contributed by atoms with E-state index in [9.17, 15) is 19.5 Å². The van der Waals surface area contributed by atoms with Crippen LogP contribution in [0.2, 0.25) is 0 Å². The molecule has 3 aromatic carbocycles. The first-order valence-corrected chi connectivity index (χ1v) is 12.5. The van der Waals surface area contributed by atoms with Gasteiger partial charge in [0.25, 0.3) is 11.8 Å². The number of ether oxygens (including phenoxy) is 2. The molecule has 0 spiro atoms. The molecule has 39 heavy (non-hydrogen) atoms. The standard InChI is InChI=1S/C29H28N4O6/c30-27-23-10-9-21(15-20(23)16-31-27)32-28(36)25(35)26-29(37)33(11-12-38-26)22-8-4-7-19(13-22)14-24(34)39-17-18-5-2-1-3-6-18/h1-10,13,15,25-26,35H,11-12,14,16-17H2,(H2,30,31)(H,32,36)/t25-,26-/m1/s1. The van der Waals surface area contributed by atoms with Crippen LogP contribution in [0.25, 0.3) is 0 Å². The van der Waals surface area contributed by atoms with Crippen molar-refractivity contribution in [2.45, 2.75) is 31.8 Å². The third-order valence-electron chi connectivity index (χ3n) is 6.56. The molecule has 1 saturated heterocycles. The number of hydrogen-bond acceptors (Lipinski definition) is 8. The first-order valence-electron chi connectivity index (χ1n) is 12.5. The van der Waals surface area contributed by atoms with Crippen LogP contribution in [0, 0.1) is 0 Å². The number of nitrogens with one attached hydrogen (secondary N) is 1. The maximum absolute atomic E-state index is 13.2. The minimum atomic E-state index is -1.73. The van der Waals surface area contributed by atoms with E-state index in [2.05, 4.69) is 10.3 Å². The zero-order valence-electron chi connectivity index (χ0n) is 21.1. The van der Waals surface area contributed by atoms with Crippen molar-refractivity contribution in [1.29, 1.82) is 0 Å². The van der Waals surface area contributed by atoms with Crippen molar-refractivity contribution in [2.24, 2.45) is 10.7 Å². The van der Waals surface area contributed by atoms with Crippen molar-refractivity contribution in [2.75, 3.05) is 23.4 Å². The minimum absolute atomic E-state index is 0.0329. The van der Waals surface area contributed by atoms with Crippen LogP contribution < -0.4 is 16.0 Å². The molecule has 5 rings (SSSR count). The first-order chi connectivity index (χ1) is 18.9. The highest BCUT2D eigenvalue weighted by Crippen LogP contribution is 2.24. The molecule has 4 N–H and O–H groups in total. The van der Waals surface area contributed by atoms with Crippen LogP contribution in [-0.4, -0.2) is 54.1 Å². The van der Waals surface area contributed by atoms with Crippen LogP contribution >= 0.6 is 0 Å². The Bertz CT molecular complexity index is 1420. The van der Waals surface area contributed by atoms with E-state index in [1.54, 1.807) is 42.5 Å². The van der Waals surface area contributed by atoms with Gasteiger partial charge in [-0.2, -0.15) is 0 Å². The number of morpholine rings is 1. The van der Waals surface area contributed by atoms with Crippen molar-refractivity contribution in [3.05, 3.63) is 95.1 Å². The van der Waals surface area contributed by atoms with Crippen molar-refractivity contribution in [1.82, 2.24) is 0 Å². The predicted molar refractivity (Wildman–Crippen MR) is 144 cm³/mol. The molecule has 2 amide bonds. The molecule has 2 heterocycles. The molecule has 0 unspecified atom stereocenters. The molecular weight excluding hydrogens is 500 g/mol. The number of anilines is 2. The Hall–Kier alpha value is -4.54. The summed E-state index contributed by atoms with van der Waals surface area (Å²) >= 11 is 0. The molecule has 2 aliphatic heterocycles. The SMILES string of the molecule is NC1=NCc2cc(NC(=O)[C@H](O)[C@H]3OCCN(c4cccc(CC(=O)OCc5ccccc5)c4)C3=O)ccc21. The fourth-order valence-electron chi connectivity index (χ4n) is 4.54. The summed E-state index contributed by atoms with van der Waals surface area (Å²) in [5.41, 5.74) is 10.0. The molecule has 200 valence electrons. The monoisotopic (exact) mass is 528 g/mol. The first kappa shape index (κ1) is 26.1. The third kappa shape index (κ3) is 5.97. The van der Waals surface area contributed by atoms with Gasteiger partial charge < -0.3 is 30.5 Å². The molecule has 1 fully saturated rings. The number of benzene rings is 3. The topological polar surface area (TPSA) is 144 Å². The van der Waals surface area contributed by atoms with Crippen LogP contribution in [-0.2, 0) is 43.4 Å². The molecular formula is C29H28N4O6. The van der Waals surface area contributed by atoms with E-state index in [4.69, 9.17) is 15.2 Å². The molecule has 0 aliphatic carbocycles. The minimum Gasteiger partial charge on any atom is -0.461 e. The van der Waals surface area contributed by atoms with E-state index in [1.165, 1.54) is 4.90 Å². The number of nitrogens with zero attached hydrogens (tertiary/aromatic N) is 2. The Morgan fingerprint density at radius 3 is 2.72 bits per heavy atom. The third-order valence-corrected chi connectivity index (χ3v) is 6.56. The number of carbonyl (C=O) groups is 3. The lowest BCUT2D eigenvalue weighted by Crippen LogP contribution is -2.55. The van der Waals surface area contributed by atoms with Gasteiger partial charge in [0.15, 0.2) is 12.2 Å². The zero-order chi connectivity index (χ0) is 27.4. The lowest BCUT2D eigenvalue weighted by atomic mass is 10.1. The molecule has 0 bridgehead atoms. The average molecular weight is 529 g/mol. The second-order valence-corrected chi connectivity index (χ2v) is 9.28. The summed E-state index contributed by atoms with van der Waals surface area (Å²) < 4.78 is 10.9. The van der Waals surface area contributed by atoms with Gasteiger partial charge in [0.2, 0.25) is 0 Å². The van der Waals surface area contributed by atoms with Gasteiger partial charge in [-0.15, -0.1) is 0 Å². The fraction of sp³-hybridized carbons (Fsp3) is 0.241. The summed E-state index contributed by atoms with van der Waals surface area (Å²) in [6.45, 7) is 0.948. The van der Waals surface area contributed by atoms with Gasteiger partial charge in [0.05, 0.1) is 19.6 Å². The normalized spacial score (nSPS) is 17.3. The number of amidine groups is 1. The molecule has 0 aromatic heterocycles. The summed E-state index contributed by atoms with van der Waals surface area (Å²) in [6, 6.07) is 21.5. The largest absolute Gasteiger partial charge is 0.461 e. The van der Waals surface area contributed by atoms with E-state index >= 15 is 0 Å². The predicted octanol–water partition coefficient (Wildman–Crippen LogP) is 1.92. The highest BCUT2D eigenvalue weighted by Gasteiger charge is 2.39. The van der Waals surface area contributed by atoms with Crippen LogP contribution in [0.15, 0.2) is 77.8 Å². The summed E-state index contributed by atoms with van der Waals surface area (Å²) in [5.74, 6) is -1.27. The maximum atomic E-state index is 13.2. The van der Waals surface area contributed by atoms with Gasteiger partial charge in [-0.3, -0.25) is 19.4 Å². The average Bonchev–Trinajstić information content (AvgIpc) is 3.32. The molecule has 10 nitrogen and oxygen atoms in total. The molecule has 2 aliphatic rings. The van der Waals surface area contributed by atoms with E-state index in [-0.39, 0.29) is 26.2 Å². The van der Waals surface area contributed by atoms with Crippen molar-refractivity contribution >= 4 is 35.0 Å². The lowest BCUT2D eigenvalue weighted by molar-refractivity contribution is -0.150. The lowest BCUT2D eigenvalue weighted by Gasteiger charge is -2.34. The van der Waals surface area contributed by atoms with Gasteiger partial charge in [-0.05, 0) is 47.0 Å². The number of esters is 1. The molecule has 0 saturated carbocycles. The Morgan fingerprint density at radius 2 is 1.90 bits per heavy atom. The van der Waals surface area contributed by atoms with Gasteiger partial charge >= 0.3 is 5.97 Å². The molecule has 10 heteroatoms. The van der Waals surface area contributed by atoms with Gasteiger partial charge in [-0.1, -0.05) is 42.5 Å². The number of aliphatic hydroxyl groups excluding tert-OH is 1. The maximum Gasteiger partial charge on any atom is 0.310 e.